The van der Waals surface area contributed by atoms with Gasteiger partial charge in [-0.1, -0.05) is 35.9 Å². The lowest BCUT2D eigenvalue weighted by atomic mass is 10.2. The maximum Gasteiger partial charge on any atom is 0.252 e. The normalized spacial score (nSPS) is 17.7. The SMILES string of the molecule is O=S(=O)(c1cccs1)N1CCN(Cc2ccccc2Cl)CC1. The van der Waals surface area contributed by atoms with Gasteiger partial charge in [0.25, 0.3) is 10.0 Å². The number of rotatable bonds is 4. The Morgan fingerprint density at radius 2 is 1.77 bits per heavy atom. The summed E-state index contributed by atoms with van der Waals surface area (Å²) in [6, 6.07) is 11.2. The van der Waals surface area contributed by atoms with Crippen LogP contribution in [0, 0.1) is 0 Å². The smallest absolute Gasteiger partial charge is 0.252 e. The second kappa shape index (κ2) is 6.68. The molecule has 0 N–H and O–H groups in total. The Bertz CT molecular complexity index is 724. The highest BCUT2D eigenvalue weighted by atomic mass is 35.5. The molecule has 1 fully saturated rings. The van der Waals surface area contributed by atoms with Crippen molar-refractivity contribution >= 4 is 33.0 Å². The van der Waals surface area contributed by atoms with Crippen LogP contribution in [0.4, 0.5) is 0 Å². The molecule has 0 spiro atoms. The quantitative estimate of drug-likeness (QED) is 0.845. The van der Waals surface area contributed by atoms with Crippen LogP contribution >= 0.6 is 22.9 Å². The number of benzene rings is 1. The zero-order valence-corrected chi connectivity index (χ0v) is 14.4. The first-order chi connectivity index (χ1) is 10.6. The van der Waals surface area contributed by atoms with E-state index in [4.69, 9.17) is 11.6 Å². The molecule has 0 aliphatic carbocycles. The number of piperazine rings is 1. The largest absolute Gasteiger partial charge is 0.296 e. The average Bonchev–Trinajstić information content (AvgIpc) is 3.05. The predicted octanol–water partition coefficient (Wildman–Crippen LogP) is 2.91. The summed E-state index contributed by atoms with van der Waals surface area (Å²) in [7, 11) is -3.32. The third kappa shape index (κ3) is 3.36. The zero-order chi connectivity index (χ0) is 15.6. The summed E-state index contributed by atoms with van der Waals surface area (Å²) in [5.41, 5.74) is 1.08. The molecule has 3 rings (SSSR count). The summed E-state index contributed by atoms with van der Waals surface area (Å²) in [6.07, 6.45) is 0. The third-order valence-electron chi connectivity index (χ3n) is 3.77. The molecule has 2 heterocycles. The molecular weight excluding hydrogens is 340 g/mol. The van der Waals surface area contributed by atoms with Crippen LogP contribution in [0.1, 0.15) is 5.56 Å². The molecule has 22 heavy (non-hydrogen) atoms. The molecule has 7 heteroatoms. The van der Waals surface area contributed by atoms with Gasteiger partial charge in [-0.25, -0.2) is 8.42 Å². The van der Waals surface area contributed by atoms with Crippen molar-refractivity contribution in [3.63, 3.8) is 0 Å². The van der Waals surface area contributed by atoms with E-state index in [1.165, 1.54) is 11.3 Å². The first-order valence-corrected chi connectivity index (χ1v) is 9.76. The molecule has 1 saturated heterocycles. The minimum Gasteiger partial charge on any atom is -0.296 e. The van der Waals surface area contributed by atoms with Crippen molar-refractivity contribution in [1.82, 2.24) is 9.21 Å². The average molecular weight is 357 g/mol. The highest BCUT2D eigenvalue weighted by Crippen LogP contribution is 2.23. The third-order valence-corrected chi connectivity index (χ3v) is 7.41. The van der Waals surface area contributed by atoms with Gasteiger partial charge in [0.05, 0.1) is 0 Å². The van der Waals surface area contributed by atoms with E-state index in [0.717, 1.165) is 30.2 Å². The van der Waals surface area contributed by atoms with Gasteiger partial charge in [-0.15, -0.1) is 11.3 Å². The Hall–Kier alpha value is -0.920. The van der Waals surface area contributed by atoms with E-state index >= 15 is 0 Å². The monoisotopic (exact) mass is 356 g/mol. The molecule has 0 bridgehead atoms. The minimum atomic E-state index is -3.32. The fraction of sp³-hybridized carbons (Fsp3) is 0.333. The molecule has 0 radical (unpaired) electrons. The summed E-state index contributed by atoms with van der Waals surface area (Å²) in [5, 5.41) is 2.55. The Morgan fingerprint density at radius 3 is 2.41 bits per heavy atom. The fourth-order valence-electron chi connectivity index (χ4n) is 2.53. The molecular formula is C15H17ClN2O2S2. The Kier molecular flexibility index (Phi) is 4.84. The second-order valence-corrected chi connectivity index (χ2v) is 8.72. The standard InChI is InChI=1S/C15H17ClN2O2S2/c16-14-5-2-1-4-13(14)12-17-7-9-18(10-8-17)22(19,20)15-6-3-11-21-15/h1-6,11H,7-10,12H2. The van der Waals surface area contributed by atoms with E-state index < -0.39 is 10.0 Å². The van der Waals surface area contributed by atoms with Crippen LogP contribution in [0.3, 0.4) is 0 Å². The number of thiophene rings is 1. The van der Waals surface area contributed by atoms with E-state index in [0.29, 0.717) is 17.3 Å². The van der Waals surface area contributed by atoms with Crippen molar-refractivity contribution in [2.45, 2.75) is 10.8 Å². The molecule has 1 aliphatic heterocycles. The Labute approximate surface area is 140 Å². The highest BCUT2D eigenvalue weighted by Gasteiger charge is 2.29. The summed E-state index contributed by atoms with van der Waals surface area (Å²) in [5.74, 6) is 0. The molecule has 0 atom stereocenters. The van der Waals surface area contributed by atoms with Gasteiger partial charge in [-0.3, -0.25) is 4.90 Å². The van der Waals surface area contributed by atoms with E-state index in [2.05, 4.69) is 4.90 Å². The Balaban J connectivity index is 1.62. The van der Waals surface area contributed by atoms with Crippen molar-refractivity contribution < 1.29 is 8.42 Å². The molecule has 4 nitrogen and oxygen atoms in total. The topological polar surface area (TPSA) is 40.6 Å². The van der Waals surface area contributed by atoms with E-state index in [-0.39, 0.29) is 0 Å². The van der Waals surface area contributed by atoms with Crippen molar-refractivity contribution in [3.8, 4) is 0 Å². The lowest BCUT2D eigenvalue weighted by Crippen LogP contribution is -2.48. The van der Waals surface area contributed by atoms with E-state index in [1.54, 1.807) is 21.8 Å². The van der Waals surface area contributed by atoms with Gasteiger partial charge in [0.15, 0.2) is 0 Å². The van der Waals surface area contributed by atoms with Gasteiger partial charge in [0.1, 0.15) is 4.21 Å². The lowest BCUT2D eigenvalue weighted by molar-refractivity contribution is 0.182. The molecule has 1 aliphatic rings. The maximum atomic E-state index is 12.5. The zero-order valence-electron chi connectivity index (χ0n) is 12.0. The van der Waals surface area contributed by atoms with Crippen LogP contribution in [0.2, 0.25) is 5.02 Å². The van der Waals surface area contributed by atoms with Gasteiger partial charge in [0, 0.05) is 37.7 Å². The molecule has 0 saturated carbocycles. The number of halogens is 1. The van der Waals surface area contributed by atoms with E-state index in [9.17, 15) is 8.42 Å². The van der Waals surface area contributed by atoms with Gasteiger partial charge >= 0.3 is 0 Å². The van der Waals surface area contributed by atoms with E-state index in [1.807, 2.05) is 24.3 Å². The van der Waals surface area contributed by atoms with Crippen LogP contribution in [-0.2, 0) is 16.6 Å². The molecule has 0 unspecified atom stereocenters. The molecule has 0 amide bonds. The fourth-order valence-corrected chi connectivity index (χ4v) is 5.30. The minimum absolute atomic E-state index is 0.423. The summed E-state index contributed by atoms with van der Waals surface area (Å²) >= 11 is 7.45. The lowest BCUT2D eigenvalue weighted by Gasteiger charge is -2.33. The molecule has 2 aromatic rings. The van der Waals surface area contributed by atoms with Crippen molar-refractivity contribution in [2.75, 3.05) is 26.2 Å². The summed E-state index contributed by atoms with van der Waals surface area (Å²) < 4.78 is 26.9. The maximum absolute atomic E-state index is 12.5. The number of hydrogen-bond acceptors (Lipinski definition) is 4. The van der Waals surface area contributed by atoms with Gasteiger partial charge in [-0.05, 0) is 23.1 Å². The van der Waals surface area contributed by atoms with Crippen molar-refractivity contribution in [3.05, 3.63) is 52.4 Å². The van der Waals surface area contributed by atoms with Crippen molar-refractivity contribution in [2.24, 2.45) is 0 Å². The van der Waals surface area contributed by atoms with Crippen LogP contribution in [0.15, 0.2) is 46.0 Å². The van der Waals surface area contributed by atoms with Crippen LogP contribution in [0.5, 0.6) is 0 Å². The van der Waals surface area contributed by atoms with Gasteiger partial charge < -0.3 is 0 Å². The number of hydrogen-bond donors (Lipinski definition) is 0. The van der Waals surface area contributed by atoms with Crippen LogP contribution < -0.4 is 0 Å². The van der Waals surface area contributed by atoms with Gasteiger partial charge in [0.2, 0.25) is 0 Å². The summed E-state index contributed by atoms with van der Waals surface area (Å²) in [4.78, 5) is 2.24. The first kappa shape index (κ1) is 16.0. The molecule has 118 valence electrons. The highest BCUT2D eigenvalue weighted by molar-refractivity contribution is 7.91. The van der Waals surface area contributed by atoms with Crippen LogP contribution in [0.25, 0.3) is 0 Å². The molecule has 1 aromatic heterocycles. The van der Waals surface area contributed by atoms with Gasteiger partial charge in [-0.2, -0.15) is 4.31 Å². The van der Waals surface area contributed by atoms with Crippen LogP contribution in [-0.4, -0.2) is 43.8 Å². The summed E-state index contributed by atoms with van der Waals surface area (Å²) in [6.45, 7) is 3.23. The second-order valence-electron chi connectivity index (χ2n) is 5.20. The van der Waals surface area contributed by atoms with Crippen molar-refractivity contribution in [1.29, 1.82) is 0 Å². The number of nitrogens with zero attached hydrogens (tertiary/aromatic N) is 2. The predicted molar refractivity (Wildman–Crippen MR) is 89.8 cm³/mol. The molecule has 1 aromatic carbocycles. The Morgan fingerprint density at radius 1 is 1.05 bits per heavy atom. The number of sulfonamides is 1. The first-order valence-electron chi connectivity index (χ1n) is 7.07.